The minimum Gasteiger partial charge on any atom is -0.300 e. The van der Waals surface area contributed by atoms with Crippen molar-refractivity contribution in [3.8, 4) is 0 Å². The van der Waals surface area contributed by atoms with Crippen LogP contribution in [0.3, 0.4) is 0 Å². The molecule has 0 aromatic rings. The Morgan fingerprint density at radius 2 is 1.94 bits per heavy atom. The summed E-state index contributed by atoms with van der Waals surface area (Å²) in [4.78, 5) is 11.1. The fraction of sp³-hybridized carbons (Fsp3) is 0.800. The minimum atomic E-state index is 0.453. The third-order valence-electron chi connectivity index (χ3n) is 3.42. The van der Waals surface area contributed by atoms with E-state index in [1.54, 1.807) is 0 Å². The molecule has 1 nitrogen and oxygen atoms in total. The molecule has 1 rings (SSSR count). The third-order valence-corrected chi connectivity index (χ3v) is 3.42. The molecule has 0 aromatic heterocycles. The fourth-order valence-corrected chi connectivity index (χ4v) is 2.34. The van der Waals surface area contributed by atoms with Crippen molar-refractivity contribution in [2.75, 3.05) is 0 Å². The highest BCUT2D eigenvalue weighted by Gasteiger charge is 2.18. The van der Waals surface area contributed by atoms with Gasteiger partial charge in [0.1, 0.15) is 5.78 Å². The highest BCUT2D eigenvalue weighted by Crippen LogP contribution is 2.23. The molecule has 1 heteroatoms. The van der Waals surface area contributed by atoms with E-state index in [9.17, 15) is 4.79 Å². The van der Waals surface area contributed by atoms with Crippen LogP contribution < -0.4 is 0 Å². The zero-order valence-corrected chi connectivity index (χ0v) is 10.7. The van der Waals surface area contributed by atoms with Gasteiger partial charge < -0.3 is 0 Å². The topological polar surface area (TPSA) is 17.1 Å². The van der Waals surface area contributed by atoms with E-state index in [1.165, 1.54) is 44.9 Å². The highest BCUT2D eigenvalue weighted by atomic mass is 16.1. The average Bonchev–Trinajstić information content (AvgIpc) is 2.68. The molecular weight excluding hydrogens is 196 g/mol. The molecule has 1 aliphatic rings. The van der Waals surface area contributed by atoms with Crippen molar-refractivity contribution in [3.05, 3.63) is 12.2 Å². The summed E-state index contributed by atoms with van der Waals surface area (Å²) >= 11 is 0. The molecule has 1 fully saturated rings. The van der Waals surface area contributed by atoms with E-state index >= 15 is 0 Å². The van der Waals surface area contributed by atoms with Gasteiger partial charge >= 0.3 is 0 Å². The molecule has 16 heavy (non-hydrogen) atoms. The molecule has 0 spiro atoms. The molecule has 1 atom stereocenters. The first kappa shape index (κ1) is 13.5. The van der Waals surface area contributed by atoms with Crippen molar-refractivity contribution in [2.24, 2.45) is 5.92 Å². The molecule has 0 bridgehead atoms. The van der Waals surface area contributed by atoms with Gasteiger partial charge in [-0.3, -0.25) is 4.79 Å². The van der Waals surface area contributed by atoms with Gasteiger partial charge in [-0.05, 0) is 25.2 Å². The summed E-state index contributed by atoms with van der Waals surface area (Å²) in [5.74, 6) is 1.02. The van der Waals surface area contributed by atoms with E-state index < -0.39 is 0 Å². The number of rotatable bonds is 8. The van der Waals surface area contributed by atoms with Gasteiger partial charge in [-0.15, -0.1) is 0 Å². The average molecular weight is 222 g/mol. The van der Waals surface area contributed by atoms with Crippen molar-refractivity contribution >= 4 is 5.78 Å². The predicted octanol–water partition coefficient (Wildman–Crippen LogP) is 4.66. The Bertz CT molecular complexity index is 217. The fourth-order valence-electron chi connectivity index (χ4n) is 2.34. The van der Waals surface area contributed by atoms with Gasteiger partial charge in [0, 0.05) is 12.8 Å². The molecular formula is C15H26O. The molecule has 0 saturated heterocycles. The normalized spacial score (nSPS) is 21.1. The van der Waals surface area contributed by atoms with Crippen molar-refractivity contribution in [3.63, 3.8) is 0 Å². The highest BCUT2D eigenvalue weighted by molar-refractivity contribution is 5.80. The SMILES string of the molecule is CCCCCCCC/C=C/[C@H]1CCC(=O)C1. The van der Waals surface area contributed by atoms with Crippen LogP contribution >= 0.6 is 0 Å². The smallest absolute Gasteiger partial charge is 0.133 e. The zero-order chi connectivity index (χ0) is 11.6. The second-order valence-corrected chi connectivity index (χ2v) is 5.03. The van der Waals surface area contributed by atoms with Gasteiger partial charge in [-0.1, -0.05) is 51.2 Å². The monoisotopic (exact) mass is 222 g/mol. The number of ketones is 1. The summed E-state index contributed by atoms with van der Waals surface area (Å²) in [5, 5.41) is 0. The molecule has 0 aliphatic heterocycles. The maximum absolute atomic E-state index is 11.1. The van der Waals surface area contributed by atoms with E-state index in [2.05, 4.69) is 19.1 Å². The first-order valence-corrected chi connectivity index (χ1v) is 7.01. The van der Waals surface area contributed by atoms with Gasteiger partial charge in [0.2, 0.25) is 0 Å². The first-order chi connectivity index (χ1) is 7.83. The summed E-state index contributed by atoms with van der Waals surface area (Å²) < 4.78 is 0. The van der Waals surface area contributed by atoms with Crippen LogP contribution in [0.5, 0.6) is 0 Å². The van der Waals surface area contributed by atoms with Crippen molar-refractivity contribution in [2.45, 2.75) is 71.1 Å². The van der Waals surface area contributed by atoms with E-state index in [-0.39, 0.29) is 0 Å². The van der Waals surface area contributed by atoms with Crippen LogP contribution in [0.4, 0.5) is 0 Å². The minimum absolute atomic E-state index is 0.453. The van der Waals surface area contributed by atoms with Gasteiger partial charge in [-0.2, -0.15) is 0 Å². The van der Waals surface area contributed by atoms with E-state index in [0.717, 1.165) is 19.3 Å². The van der Waals surface area contributed by atoms with Crippen molar-refractivity contribution in [1.82, 2.24) is 0 Å². The van der Waals surface area contributed by atoms with Crippen molar-refractivity contribution in [1.29, 1.82) is 0 Å². The third kappa shape index (κ3) is 6.09. The Morgan fingerprint density at radius 1 is 1.19 bits per heavy atom. The number of unbranched alkanes of at least 4 members (excludes halogenated alkanes) is 6. The van der Waals surface area contributed by atoms with Crippen LogP contribution in [-0.2, 0) is 4.79 Å². The molecule has 0 radical (unpaired) electrons. The second kappa shape index (κ2) is 8.55. The lowest BCUT2D eigenvalue weighted by Gasteiger charge is -2.00. The molecule has 0 amide bonds. The summed E-state index contributed by atoms with van der Waals surface area (Å²) in [7, 11) is 0. The number of Topliss-reactive ketones (excluding diaryl/α,β-unsaturated/α-hetero) is 1. The summed E-state index contributed by atoms with van der Waals surface area (Å²) in [6.45, 7) is 2.26. The lowest BCUT2D eigenvalue weighted by Crippen LogP contribution is -1.90. The van der Waals surface area contributed by atoms with Crippen LogP contribution in [0.15, 0.2) is 12.2 Å². The van der Waals surface area contributed by atoms with Crippen molar-refractivity contribution < 1.29 is 4.79 Å². The molecule has 0 heterocycles. The van der Waals surface area contributed by atoms with Crippen LogP contribution in [0.2, 0.25) is 0 Å². The molecule has 0 aromatic carbocycles. The number of hydrogen-bond acceptors (Lipinski definition) is 1. The Kier molecular flexibility index (Phi) is 7.20. The van der Waals surface area contributed by atoms with Gasteiger partial charge in [0.15, 0.2) is 0 Å². The summed E-state index contributed by atoms with van der Waals surface area (Å²) in [5.41, 5.74) is 0. The van der Waals surface area contributed by atoms with E-state index in [4.69, 9.17) is 0 Å². The molecule has 0 unspecified atom stereocenters. The van der Waals surface area contributed by atoms with Crippen LogP contribution in [-0.4, -0.2) is 5.78 Å². The number of carbonyl (C=O) groups is 1. The quantitative estimate of drug-likeness (QED) is 0.431. The maximum Gasteiger partial charge on any atom is 0.133 e. The number of allylic oxidation sites excluding steroid dienone is 2. The Morgan fingerprint density at radius 3 is 2.62 bits per heavy atom. The first-order valence-electron chi connectivity index (χ1n) is 7.01. The molecule has 92 valence electrons. The second-order valence-electron chi connectivity index (χ2n) is 5.03. The lowest BCUT2D eigenvalue weighted by molar-refractivity contribution is -0.117. The molecule has 0 N–H and O–H groups in total. The Labute approximate surface area is 100 Å². The van der Waals surface area contributed by atoms with E-state index in [1.807, 2.05) is 0 Å². The zero-order valence-electron chi connectivity index (χ0n) is 10.7. The largest absolute Gasteiger partial charge is 0.300 e. The summed E-state index contributed by atoms with van der Waals surface area (Å²) in [6.07, 6.45) is 16.7. The van der Waals surface area contributed by atoms with Gasteiger partial charge in [0.25, 0.3) is 0 Å². The summed E-state index contributed by atoms with van der Waals surface area (Å²) in [6, 6.07) is 0. The predicted molar refractivity (Wildman–Crippen MR) is 69.5 cm³/mol. The maximum atomic E-state index is 11.1. The lowest BCUT2D eigenvalue weighted by atomic mass is 10.1. The molecule has 1 aliphatic carbocycles. The van der Waals surface area contributed by atoms with E-state index in [0.29, 0.717) is 11.7 Å². The van der Waals surface area contributed by atoms with Crippen LogP contribution in [0, 0.1) is 5.92 Å². The van der Waals surface area contributed by atoms with Crippen LogP contribution in [0.25, 0.3) is 0 Å². The standard InChI is InChI=1S/C15H26O/c1-2-3-4-5-6-7-8-9-10-14-11-12-15(16)13-14/h9-10,14H,2-8,11-13H2,1H3/b10-9+/t14-/m0/s1. The molecule has 1 saturated carbocycles. The number of carbonyl (C=O) groups excluding carboxylic acids is 1. The number of hydrogen-bond donors (Lipinski definition) is 0. The Balaban J connectivity index is 1.90. The van der Waals surface area contributed by atoms with Gasteiger partial charge in [0.05, 0.1) is 0 Å². The Hall–Kier alpha value is -0.590. The van der Waals surface area contributed by atoms with Gasteiger partial charge in [-0.25, -0.2) is 0 Å². The van der Waals surface area contributed by atoms with Crippen LogP contribution in [0.1, 0.15) is 71.1 Å².